The second-order valence-electron chi connectivity index (χ2n) is 4.09. The third-order valence-corrected chi connectivity index (χ3v) is 2.49. The Kier molecular flexibility index (Phi) is 4.71. The number of carboxylic acid groups (broad SMARTS) is 1. The molecule has 1 aromatic rings. The zero-order chi connectivity index (χ0) is 13.7. The number of hydrogen-bond acceptors (Lipinski definition) is 3. The van der Waals surface area contributed by atoms with Gasteiger partial charge in [0, 0.05) is 0 Å². The van der Waals surface area contributed by atoms with Crippen LogP contribution >= 0.6 is 0 Å². The number of rotatable bonds is 5. The minimum Gasteiger partial charge on any atom is -0.480 e. The molecule has 0 saturated heterocycles. The summed E-state index contributed by atoms with van der Waals surface area (Å²) in [5.74, 6) is -0.863. The molecule has 1 atom stereocenters. The van der Waals surface area contributed by atoms with Gasteiger partial charge in [0.25, 0.3) is 5.91 Å². The van der Waals surface area contributed by atoms with Crippen LogP contribution in [0.2, 0.25) is 0 Å². The van der Waals surface area contributed by atoms with Crippen molar-refractivity contribution < 1.29 is 19.4 Å². The van der Waals surface area contributed by atoms with Crippen LogP contribution in [0.3, 0.4) is 0 Å². The van der Waals surface area contributed by atoms with Crippen molar-refractivity contribution in [3.63, 3.8) is 0 Å². The first-order valence-corrected chi connectivity index (χ1v) is 5.64. The van der Waals surface area contributed by atoms with E-state index in [4.69, 9.17) is 9.84 Å². The number of benzene rings is 1. The molecule has 0 aliphatic heterocycles. The number of aliphatic carboxylic acids is 1. The van der Waals surface area contributed by atoms with Crippen LogP contribution in [0.15, 0.2) is 18.2 Å². The average Bonchev–Trinajstić information content (AvgIpc) is 2.30. The summed E-state index contributed by atoms with van der Waals surface area (Å²) in [7, 11) is 0. The Morgan fingerprint density at radius 3 is 2.39 bits per heavy atom. The molecule has 0 aliphatic carbocycles. The highest BCUT2D eigenvalue weighted by atomic mass is 16.5. The summed E-state index contributed by atoms with van der Waals surface area (Å²) >= 11 is 0. The van der Waals surface area contributed by atoms with Crippen LogP contribution in [0.4, 0.5) is 0 Å². The number of carboxylic acids is 1. The summed E-state index contributed by atoms with van der Waals surface area (Å²) in [5, 5.41) is 10.7. The van der Waals surface area contributed by atoms with Crippen LogP contribution in [-0.4, -0.2) is 29.6 Å². The van der Waals surface area contributed by atoms with Gasteiger partial charge in [-0.2, -0.15) is 0 Å². The molecule has 0 spiro atoms. The number of hydrogen-bond donors (Lipinski definition) is 2. The molecule has 0 heterocycles. The van der Waals surface area contributed by atoms with E-state index < -0.39 is 24.5 Å². The summed E-state index contributed by atoms with van der Waals surface area (Å²) in [5.41, 5.74) is 1.88. The summed E-state index contributed by atoms with van der Waals surface area (Å²) in [6.45, 7) is 4.97. The van der Waals surface area contributed by atoms with Gasteiger partial charge in [-0.15, -0.1) is 0 Å². The fourth-order valence-corrected chi connectivity index (χ4v) is 1.52. The van der Waals surface area contributed by atoms with Crippen molar-refractivity contribution in [3.8, 4) is 5.75 Å². The van der Waals surface area contributed by atoms with E-state index in [1.54, 1.807) is 6.92 Å². The minimum absolute atomic E-state index is 0.403. The molecule has 1 rings (SSSR count). The molecule has 5 heteroatoms. The van der Waals surface area contributed by atoms with Gasteiger partial charge in [-0.1, -0.05) is 18.2 Å². The summed E-state index contributed by atoms with van der Waals surface area (Å²) in [6, 6.07) is 5.70. The first-order chi connectivity index (χ1) is 8.41. The second-order valence-corrected chi connectivity index (χ2v) is 4.09. The lowest BCUT2D eigenvalue weighted by Gasteiger charge is -2.17. The van der Waals surface area contributed by atoms with Gasteiger partial charge in [0.15, 0.2) is 6.10 Å². The molecule has 0 fully saturated rings. The van der Waals surface area contributed by atoms with E-state index in [0.717, 1.165) is 11.1 Å². The Balaban J connectivity index is 2.66. The zero-order valence-electron chi connectivity index (χ0n) is 10.7. The van der Waals surface area contributed by atoms with Gasteiger partial charge in [0.2, 0.25) is 0 Å². The highest BCUT2D eigenvalue weighted by Gasteiger charge is 2.17. The average molecular weight is 251 g/mol. The normalized spacial score (nSPS) is 11.7. The molecular weight excluding hydrogens is 234 g/mol. The fraction of sp³-hybridized carbons (Fsp3) is 0.385. The molecule has 1 unspecified atom stereocenters. The Morgan fingerprint density at radius 2 is 1.89 bits per heavy atom. The Morgan fingerprint density at radius 1 is 1.33 bits per heavy atom. The van der Waals surface area contributed by atoms with Crippen molar-refractivity contribution in [2.45, 2.75) is 26.9 Å². The third-order valence-electron chi connectivity index (χ3n) is 2.49. The fourth-order valence-electron chi connectivity index (χ4n) is 1.52. The maximum Gasteiger partial charge on any atom is 0.322 e. The lowest BCUT2D eigenvalue weighted by Crippen LogP contribution is -2.39. The second kappa shape index (κ2) is 6.05. The van der Waals surface area contributed by atoms with Gasteiger partial charge in [-0.05, 0) is 31.9 Å². The van der Waals surface area contributed by atoms with Gasteiger partial charge in [0.05, 0.1) is 0 Å². The molecule has 1 amide bonds. The van der Waals surface area contributed by atoms with E-state index in [1.165, 1.54) is 0 Å². The predicted molar refractivity (Wildman–Crippen MR) is 66.7 cm³/mol. The minimum atomic E-state index is -1.08. The summed E-state index contributed by atoms with van der Waals surface area (Å²) in [6.07, 6.45) is -0.732. The molecule has 2 N–H and O–H groups in total. The van der Waals surface area contributed by atoms with Crippen LogP contribution in [0, 0.1) is 13.8 Å². The van der Waals surface area contributed by atoms with Gasteiger partial charge in [-0.3, -0.25) is 9.59 Å². The predicted octanol–water partition coefficient (Wildman–Crippen LogP) is 1.27. The molecule has 0 aromatic heterocycles. The summed E-state index contributed by atoms with van der Waals surface area (Å²) in [4.78, 5) is 21.9. The number of ether oxygens (including phenoxy) is 1. The van der Waals surface area contributed by atoms with Crippen molar-refractivity contribution >= 4 is 11.9 Å². The number of amides is 1. The molecule has 0 bridgehead atoms. The molecule has 98 valence electrons. The van der Waals surface area contributed by atoms with Crippen LogP contribution in [0.25, 0.3) is 0 Å². The molecule has 5 nitrogen and oxygen atoms in total. The monoisotopic (exact) mass is 251 g/mol. The lowest BCUT2D eigenvalue weighted by atomic mass is 10.1. The molecule has 1 aromatic carbocycles. The molecule has 18 heavy (non-hydrogen) atoms. The van der Waals surface area contributed by atoms with E-state index in [2.05, 4.69) is 5.32 Å². The Bertz CT molecular complexity index is 436. The van der Waals surface area contributed by atoms with Crippen LogP contribution in [-0.2, 0) is 9.59 Å². The lowest BCUT2D eigenvalue weighted by molar-refractivity contribution is -0.139. The van der Waals surface area contributed by atoms with E-state index in [9.17, 15) is 9.59 Å². The van der Waals surface area contributed by atoms with E-state index >= 15 is 0 Å². The number of nitrogens with one attached hydrogen (secondary N) is 1. The van der Waals surface area contributed by atoms with Crippen LogP contribution < -0.4 is 10.1 Å². The highest BCUT2D eigenvalue weighted by molar-refractivity contribution is 5.84. The maximum absolute atomic E-state index is 11.6. The van der Waals surface area contributed by atoms with E-state index in [0.29, 0.717) is 5.75 Å². The third kappa shape index (κ3) is 3.76. The standard InChI is InChI=1S/C13H17NO4/c1-8-5-4-6-9(2)12(8)18-10(3)13(17)14-7-11(15)16/h4-6,10H,7H2,1-3H3,(H,14,17)(H,15,16). The van der Waals surface area contributed by atoms with Crippen LogP contribution in [0.1, 0.15) is 18.1 Å². The van der Waals surface area contributed by atoms with Crippen molar-refractivity contribution in [1.82, 2.24) is 5.32 Å². The quantitative estimate of drug-likeness (QED) is 0.826. The molecule has 0 saturated carbocycles. The number of carbonyl (C=O) groups is 2. The smallest absolute Gasteiger partial charge is 0.322 e. The Labute approximate surface area is 106 Å². The van der Waals surface area contributed by atoms with E-state index in [1.807, 2.05) is 32.0 Å². The largest absolute Gasteiger partial charge is 0.480 e. The molecule has 0 radical (unpaired) electrons. The zero-order valence-corrected chi connectivity index (χ0v) is 10.7. The SMILES string of the molecule is Cc1cccc(C)c1OC(C)C(=O)NCC(=O)O. The number of aryl methyl sites for hydroxylation is 2. The van der Waals surface area contributed by atoms with Gasteiger partial charge in [-0.25, -0.2) is 0 Å². The summed E-state index contributed by atoms with van der Waals surface area (Å²) < 4.78 is 5.57. The van der Waals surface area contributed by atoms with Gasteiger partial charge >= 0.3 is 5.97 Å². The van der Waals surface area contributed by atoms with Crippen molar-refractivity contribution in [1.29, 1.82) is 0 Å². The highest BCUT2D eigenvalue weighted by Crippen LogP contribution is 2.23. The van der Waals surface area contributed by atoms with Crippen molar-refractivity contribution in [3.05, 3.63) is 29.3 Å². The number of para-hydroxylation sites is 1. The van der Waals surface area contributed by atoms with Gasteiger partial charge < -0.3 is 15.2 Å². The first-order valence-electron chi connectivity index (χ1n) is 5.64. The number of carbonyl (C=O) groups excluding carboxylic acids is 1. The topological polar surface area (TPSA) is 75.6 Å². The van der Waals surface area contributed by atoms with Crippen molar-refractivity contribution in [2.24, 2.45) is 0 Å². The van der Waals surface area contributed by atoms with Gasteiger partial charge in [0.1, 0.15) is 12.3 Å². The molecular formula is C13H17NO4. The molecule has 0 aliphatic rings. The maximum atomic E-state index is 11.6. The van der Waals surface area contributed by atoms with Crippen molar-refractivity contribution in [2.75, 3.05) is 6.54 Å². The Hall–Kier alpha value is -2.04. The van der Waals surface area contributed by atoms with E-state index in [-0.39, 0.29) is 0 Å². The van der Waals surface area contributed by atoms with Crippen LogP contribution in [0.5, 0.6) is 5.75 Å². The first kappa shape index (κ1) is 14.0.